The van der Waals surface area contributed by atoms with Crippen molar-refractivity contribution in [2.45, 2.75) is 20.5 Å². The van der Waals surface area contributed by atoms with Gasteiger partial charge in [-0.05, 0) is 19.4 Å². The Morgan fingerprint density at radius 3 is 1.92 bits per heavy atom. The van der Waals surface area contributed by atoms with Gasteiger partial charge in [0.25, 0.3) is 0 Å². The molecule has 1 aromatic carbocycles. The van der Waals surface area contributed by atoms with Crippen LogP contribution in [0.2, 0.25) is 0 Å². The van der Waals surface area contributed by atoms with Crippen molar-refractivity contribution >= 4 is 19.5 Å². The van der Waals surface area contributed by atoms with Crippen LogP contribution >= 0.6 is 7.60 Å². The number of rotatable bonds is 12. The molecule has 0 heterocycles. The number of ether oxygens (including phenoxy) is 3. The van der Waals surface area contributed by atoms with Crippen LogP contribution in [0.1, 0.15) is 19.4 Å². The minimum absolute atomic E-state index is 0.167. The van der Waals surface area contributed by atoms with Crippen molar-refractivity contribution in [1.29, 1.82) is 0 Å². The number of hydrogen-bond donors (Lipinski definition) is 0. The lowest BCUT2D eigenvalue weighted by Gasteiger charge is -2.18. The van der Waals surface area contributed by atoms with Crippen LogP contribution in [0.5, 0.6) is 0 Å². The molecule has 140 valence electrons. The molecule has 0 N–H and O–H groups in total. The van der Waals surface area contributed by atoms with Gasteiger partial charge in [-0.1, -0.05) is 30.3 Å². The molecule has 0 fully saturated rings. The standard InChI is InChI=1S/C16H23O8P/c1-3-21-15(17)11-23-25(19,24-12-16(18)22-4-2)13-20-10-14-8-6-5-7-9-14/h5-9H,3-4,10-13H2,1-2H3. The molecule has 0 spiro atoms. The minimum atomic E-state index is -3.84. The lowest BCUT2D eigenvalue weighted by atomic mass is 10.2. The Labute approximate surface area is 146 Å². The molecule has 1 aromatic rings. The Bertz CT molecular complexity index is 549. The smallest absolute Gasteiger partial charge is 0.357 e. The third-order valence-corrected chi connectivity index (χ3v) is 4.27. The third kappa shape index (κ3) is 9.36. The Hall–Kier alpha value is -1.73. The predicted molar refractivity (Wildman–Crippen MR) is 88.9 cm³/mol. The molecule has 25 heavy (non-hydrogen) atoms. The molecule has 0 saturated heterocycles. The van der Waals surface area contributed by atoms with Gasteiger partial charge in [-0.3, -0.25) is 13.6 Å². The normalized spacial score (nSPS) is 11.1. The zero-order chi connectivity index (χ0) is 18.5. The van der Waals surface area contributed by atoms with Crippen molar-refractivity contribution in [3.63, 3.8) is 0 Å². The maximum atomic E-state index is 12.6. The van der Waals surface area contributed by atoms with E-state index in [9.17, 15) is 14.2 Å². The first-order valence-corrected chi connectivity index (χ1v) is 9.53. The topological polar surface area (TPSA) is 97.4 Å². The lowest BCUT2D eigenvalue weighted by Crippen LogP contribution is -2.17. The molecular formula is C16H23O8P. The molecular weight excluding hydrogens is 351 g/mol. The summed E-state index contributed by atoms with van der Waals surface area (Å²) in [4.78, 5) is 22.7. The monoisotopic (exact) mass is 374 g/mol. The summed E-state index contributed by atoms with van der Waals surface area (Å²) in [5, 5.41) is 0. The van der Waals surface area contributed by atoms with Crippen molar-refractivity contribution < 1.29 is 37.4 Å². The van der Waals surface area contributed by atoms with Crippen molar-refractivity contribution in [3.05, 3.63) is 35.9 Å². The highest BCUT2D eigenvalue weighted by Gasteiger charge is 2.28. The lowest BCUT2D eigenvalue weighted by molar-refractivity contribution is -0.146. The molecule has 0 saturated carbocycles. The Morgan fingerprint density at radius 2 is 1.44 bits per heavy atom. The van der Waals surface area contributed by atoms with Gasteiger partial charge < -0.3 is 14.2 Å². The minimum Gasteiger partial charge on any atom is -0.464 e. The fourth-order valence-corrected chi connectivity index (χ4v) is 2.81. The first-order chi connectivity index (χ1) is 12.0. The van der Waals surface area contributed by atoms with E-state index in [1.165, 1.54) is 0 Å². The quantitative estimate of drug-likeness (QED) is 0.407. The summed E-state index contributed by atoms with van der Waals surface area (Å²) in [6.07, 6.45) is -0.416. The molecule has 0 amide bonds. The number of carbonyl (C=O) groups is 2. The van der Waals surface area contributed by atoms with Gasteiger partial charge in [-0.25, -0.2) is 9.59 Å². The average molecular weight is 374 g/mol. The van der Waals surface area contributed by atoms with E-state index >= 15 is 0 Å². The van der Waals surface area contributed by atoms with Gasteiger partial charge in [0.2, 0.25) is 0 Å². The van der Waals surface area contributed by atoms with Gasteiger partial charge in [0.15, 0.2) is 13.2 Å². The second-order valence-corrected chi connectivity index (χ2v) is 6.73. The van der Waals surface area contributed by atoms with E-state index in [1.807, 2.05) is 30.3 Å². The number of carbonyl (C=O) groups excluding carboxylic acids is 2. The van der Waals surface area contributed by atoms with Crippen LogP contribution < -0.4 is 0 Å². The van der Waals surface area contributed by atoms with Crippen molar-refractivity contribution in [3.8, 4) is 0 Å². The number of hydrogen-bond acceptors (Lipinski definition) is 8. The maximum absolute atomic E-state index is 12.6. The summed E-state index contributed by atoms with van der Waals surface area (Å²) in [7, 11) is -3.84. The van der Waals surface area contributed by atoms with Gasteiger partial charge in [-0.2, -0.15) is 0 Å². The zero-order valence-corrected chi connectivity index (χ0v) is 15.2. The van der Waals surface area contributed by atoms with Crippen molar-refractivity contribution in [2.75, 3.05) is 32.8 Å². The highest BCUT2D eigenvalue weighted by Crippen LogP contribution is 2.48. The second kappa shape index (κ2) is 11.8. The summed E-state index contributed by atoms with van der Waals surface area (Å²) in [6, 6.07) is 9.21. The number of benzene rings is 1. The summed E-state index contributed by atoms with van der Waals surface area (Å²) in [6.45, 7) is 2.65. The van der Waals surface area contributed by atoms with Crippen molar-refractivity contribution in [1.82, 2.24) is 0 Å². The summed E-state index contributed by atoms with van der Waals surface area (Å²) in [5.41, 5.74) is 0.866. The Balaban J connectivity index is 2.57. The van der Waals surface area contributed by atoms with Gasteiger partial charge in [0, 0.05) is 0 Å². The Kier molecular flexibility index (Phi) is 10.0. The number of esters is 2. The molecule has 0 atom stereocenters. The van der Waals surface area contributed by atoms with Crippen LogP contribution in [0.15, 0.2) is 30.3 Å². The van der Waals surface area contributed by atoms with Crippen LogP contribution in [0.4, 0.5) is 0 Å². The van der Waals surface area contributed by atoms with Gasteiger partial charge in [0.1, 0.15) is 6.35 Å². The largest absolute Gasteiger partial charge is 0.464 e. The van der Waals surface area contributed by atoms with E-state index in [0.717, 1.165) is 5.56 Å². The van der Waals surface area contributed by atoms with Crippen LogP contribution in [0, 0.1) is 0 Å². The highest BCUT2D eigenvalue weighted by atomic mass is 31.2. The van der Waals surface area contributed by atoms with Crippen LogP contribution in [-0.4, -0.2) is 44.7 Å². The first kappa shape index (κ1) is 21.3. The molecule has 0 radical (unpaired) electrons. The fourth-order valence-electron chi connectivity index (χ4n) is 1.67. The SMILES string of the molecule is CCOC(=O)COP(=O)(COCc1ccccc1)OCC(=O)OCC. The van der Waals surface area contributed by atoms with Crippen molar-refractivity contribution in [2.24, 2.45) is 0 Å². The molecule has 0 aliphatic rings. The van der Waals surface area contributed by atoms with E-state index in [2.05, 4.69) is 0 Å². The Morgan fingerprint density at radius 1 is 0.920 bits per heavy atom. The van der Waals surface area contributed by atoms with E-state index in [0.29, 0.717) is 0 Å². The summed E-state index contributed by atoms with van der Waals surface area (Å²) < 4.78 is 37.5. The van der Waals surface area contributed by atoms with Gasteiger partial charge in [0.05, 0.1) is 19.8 Å². The van der Waals surface area contributed by atoms with Crippen LogP contribution in [-0.2, 0) is 44.0 Å². The second-order valence-electron chi connectivity index (χ2n) is 4.73. The molecule has 1 rings (SSSR count). The molecule has 0 aliphatic heterocycles. The first-order valence-electron chi connectivity index (χ1n) is 7.80. The predicted octanol–water partition coefficient (Wildman–Crippen LogP) is 2.51. The third-order valence-electron chi connectivity index (χ3n) is 2.73. The molecule has 0 bridgehead atoms. The van der Waals surface area contributed by atoms with Gasteiger partial charge in [-0.15, -0.1) is 0 Å². The summed E-state index contributed by atoms with van der Waals surface area (Å²) in [5.74, 6) is -1.38. The average Bonchev–Trinajstić information content (AvgIpc) is 2.60. The highest BCUT2D eigenvalue weighted by molar-refractivity contribution is 7.53. The zero-order valence-electron chi connectivity index (χ0n) is 14.3. The molecule has 9 heteroatoms. The van der Waals surface area contributed by atoms with E-state index < -0.39 is 39.1 Å². The van der Waals surface area contributed by atoms with E-state index in [4.69, 9.17) is 23.3 Å². The maximum Gasteiger partial charge on any atom is 0.357 e. The molecule has 0 aromatic heterocycles. The molecule has 8 nitrogen and oxygen atoms in total. The molecule has 0 aliphatic carbocycles. The fraction of sp³-hybridized carbons (Fsp3) is 0.500. The van der Waals surface area contributed by atoms with Gasteiger partial charge >= 0.3 is 19.5 Å². The van der Waals surface area contributed by atoms with E-state index in [-0.39, 0.29) is 19.8 Å². The molecule has 0 unspecified atom stereocenters. The van der Waals surface area contributed by atoms with Crippen LogP contribution in [0.25, 0.3) is 0 Å². The van der Waals surface area contributed by atoms with Crippen LogP contribution in [0.3, 0.4) is 0 Å². The summed E-state index contributed by atoms with van der Waals surface area (Å²) >= 11 is 0. The van der Waals surface area contributed by atoms with E-state index in [1.54, 1.807) is 13.8 Å².